The summed E-state index contributed by atoms with van der Waals surface area (Å²) in [6.45, 7) is 2.21. The highest BCUT2D eigenvalue weighted by Gasteiger charge is 2.53. The predicted octanol–water partition coefficient (Wildman–Crippen LogP) is 3.61. The number of carbonyl (C=O) groups excluding carboxylic acids is 1. The van der Waals surface area contributed by atoms with Crippen LogP contribution in [0.25, 0.3) is 0 Å². The van der Waals surface area contributed by atoms with Crippen molar-refractivity contribution in [2.24, 2.45) is 23.2 Å². The van der Waals surface area contributed by atoms with Crippen molar-refractivity contribution in [1.82, 2.24) is 5.32 Å². The van der Waals surface area contributed by atoms with Gasteiger partial charge in [0, 0.05) is 6.04 Å². The first-order valence-corrected chi connectivity index (χ1v) is 7.98. The maximum Gasteiger partial charge on any atom is 0.254 e. The molecule has 4 bridgehead atoms. The largest absolute Gasteiger partial charge is 0.472 e. The summed E-state index contributed by atoms with van der Waals surface area (Å²) in [5.41, 5.74) is 1.01. The first kappa shape index (κ1) is 12.5. The van der Waals surface area contributed by atoms with Gasteiger partial charge in [-0.05, 0) is 74.7 Å². The van der Waals surface area contributed by atoms with E-state index in [0.717, 1.165) is 17.8 Å². The van der Waals surface area contributed by atoms with Crippen molar-refractivity contribution >= 4 is 5.91 Å². The highest BCUT2D eigenvalue weighted by molar-refractivity contribution is 5.93. The van der Waals surface area contributed by atoms with Gasteiger partial charge in [-0.15, -0.1) is 0 Å². The molecule has 1 atom stereocenters. The van der Waals surface area contributed by atoms with Crippen molar-refractivity contribution in [3.8, 4) is 0 Å². The van der Waals surface area contributed by atoms with E-state index < -0.39 is 0 Å². The quantitative estimate of drug-likeness (QED) is 0.914. The van der Waals surface area contributed by atoms with Crippen LogP contribution >= 0.6 is 0 Å². The van der Waals surface area contributed by atoms with E-state index in [1.807, 2.05) is 0 Å². The second-order valence-electron chi connectivity index (χ2n) is 7.49. The molecule has 0 spiro atoms. The fourth-order valence-electron chi connectivity index (χ4n) is 5.53. The molecule has 1 aromatic rings. The van der Waals surface area contributed by atoms with E-state index in [1.54, 1.807) is 12.3 Å². The minimum absolute atomic E-state index is 0.0157. The van der Waals surface area contributed by atoms with Crippen molar-refractivity contribution in [1.29, 1.82) is 0 Å². The number of amides is 1. The molecule has 0 aliphatic heterocycles. The van der Waals surface area contributed by atoms with Crippen LogP contribution in [0.2, 0.25) is 0 Å². The Hall–Kier alpha value is -1.25. The monoisotopic (exact) mass is 273 g/mol. The molecule has 1 N–H and O–H groups in total. The van der Waals surface area contributed by atoms with Crippen LogP contribution in [0.3, 0.4) is 0 Å². The lowest BCUT2D eigenvalue weighted by atomic mass is 9.48. The van der Waals surface area contributed by atoms with Gasteiger partial charge in [0.1, 0.15) is 6.26 Å². The van der Waals surface area contributed by atoms with Crippen LogP contribution in [0.15, 0.2) is 23.0 Å². The van der Waals surface area contributed by atoms with Gasteiger partial charge in [-0.2, -0.15) is 0 Å². The molecule has 0 saturated heterocycles. The van der Waals surface area contributed by atoms with Crippen LogP contribution in [-0.4, -0.2) is 11.9 Å². The number of hydrogen-bond acceptors (Lipinski definition) is 2. The SMILES string of the molecule is C[C@@H](NC(=O)c1ccoc1)C12CC3CC(CC(C3)C1)C2. The van der Waals surface area contributed by atoms with Gasteiger partial charge in [-0.25, -0.2) is 0 Å². The molecule has 1 heterocycles. The zero-order valence-corrected chi connectivity index (χ0v) is 12.1. The maximum absolute atomic E-state index is 12.2. The minimum Gasteiger partial charge on any atom is -0.472 e. The lowest BCUT2D eigenvalue weighted by molar-refractivity contribution is -0.0688. The lowest BCUT2D eigenvalue weighted by Gasteiger charge is -2.59. The number of hydrogen-bond donors (Lipinski definition) is 1. The van der Waals surface area contributed by atoms with Crippen molar-refractivity contribution in [2.45, 2.75) is 51.5 Å². The van der Waals surface area contributed by atoms with Crippen molar-refractivity contribution < 1.29 is 9.21 Å². The van der Waals surface area contributed by atoms with Gasteiger partial charge in [0.05, 0.1) is 11.8 Å². The number of carbonyl (C=O) groups is 1. The van der Waals surface area contributed by atoms with Crippen molar-refractivity contribution in [3.05, 3.63) is 24.2 Å². The van der Waals surface area contributed by atoms with Gasteiger partial charge in [0.2, 0.25) is 0 Å². The standard InChI is InChI=1S/C17H23NO2/c1-11(18-16(19)15-2-3-20-10-15)17-7-12-4-13(8-17)6-14(5-12)9-17/h2-3,10-14H,4-9H2,1H3,(H,18,19)/t11-,12?,13?,14?,17?/m1/s1. The van der Waals surface area contributed by atoms with Gasteiger partial charge >= 0.3 is 0 Å². The van der Waals surface area contributed by atoms with E-state index in [0.29, 0.717) is 11.0 Å². The first-order valence-electron chi connectivity index (χ1n) is 7.98. The molecule has 5 rings (SSSR count). The van der Waals surface area contributed by atoms with Gasteiger partial charge < -0.3 is 9.73 Å². The van der Waals surface area contributed by atoms with Crippen LogP contribution < -0.4 is 5.32 Å². The van der Waals surface area contributed by atoms with Crippen LogP contribution in [0, 0.1) is 23.2 Å². The smallest absolute Gasteiger partial charge is 0.254 e. The Morgan fingerprint density at radius 3 is 2.35 bits per heavy atom. The molecule has 4 aliphatic carbocycles. The van der Waals surface area contributed by atoms with Gasteiger partial charge in [0.25, 0.3) is 5.91 Å². The van der Waals surface area contributed by atoms with E-state index in [2.05, 4.69) is 12.2 Å². The van der Waals surface area contributed by atoms with E-state index >= 15 is 0 Å². The topological polar surface area (TPSA) is 42.2 Å². The normalized spacial score (nSPS) is 39.8. The Balaban J connectivity index is 1.51. The Kier molecular flexibility index (Phi) is 2.73. The van der Waals surface area contributed by atoms with Gasteiger partial charge in [-0.1, -0.05) is 0 Å². The van der Waals surface area contributed by atoms with Gasteiger partial charge in [-0.3, -0.25) is 4.79 Å². The van der Waals surface area contributed by atoms with E-state index in [9.17, 15) is 4.79 Å². The maximum atomic E-state index is 12.2. The highest BCUT2D eigenvalue weighted by Crippen LogP contribution is 2.61. The minimum atomic E-state index is 0.0157. The Labute approximate surface area is 120 Å². The summed E-state index contributed by atoms with van der Waals surface area (Å²) in [6, 6.07) is 2.01. The summed E-state index contributed by atoms with van der Waals surface area (Å²) in [4.78, 5) is 12.2. The zero-order chi connectivity index (χ0) is 13.7. The van der Waals surface area contributed by atoms with Crippen LogP contribution in [-0.2, 0) is 0 Å². The molecular weight excluding hydrogens is 250 g/mol. The molecule has 4 aliphatic rings. The van der Waals surface area contributed by atoms with Crippen molar-refractivity contribution in [2.75, 3.05) is 0 Å². The highest BCUT2D eigenvalue weighted by atomic mass is 16.3. The number of nitrogens with one attached hydrogen (secondary N) is 1. The summed E-state index contributed by atoms with van der Waals surface area (Å²) in [6.07, 6.45) is 11.4. The van der Waals surface area contributed by atoms with Crippen LogP contribution in [0.1, 0.15) is 55.8 Å². The summed E-state index contributed by atoms with van der Waals surface area (Å²) in [5, 5.41) is 3.24. The van der Waals surface area contributed by atoms with Gasteiger partial charge in [0.15, 0.2) is 0 Å². The Bertz CT molecular complexity index is 470. The molecule has 1 amide bonds. The summed E-state index contributed by atoms with van der Waals surface area (Å²) in [5.74, 6) is 2.79. The summed E-state index contributed by atoms with van der Waals surface area (Å²) < 4.78 is 5.01. The van der Waals surface area contributed by atoms with E-state index in [-0.39, 0.29) is 11.9 Å². The van der Waals surface area contributed by atoms with Crippen LogP contribution in [0.5, 0.6) is 0 Å². The second-order valence-corrected chi connectivity index (χ2v) is 7.49. The third kappa shape index (κ3) is 1.90. The third-order valence-corrected chi connectivity index (χ3v) is 6.14. The summed E-state index contributed by atoms with van der Waals surface area (Å²) in [7, 11) is 0. The molecule has 1 aromatic heterocycles. The molecule has 0 radical (unpaired) electrons. The third-order valence-electron chi connectivity index (χ3n) is 6.14. The Morgan fingerprint density at radius 2 is 1.85 bits per heavy atom. The molecule has 4 fully saturated rings. The Morgan fingerprint density at radius 1 is 1.25 bits per heavy atom. The van der Waals surface area contributed by atoms with E-state index in [1.165, 1.54) is 44.8 Å². The molecule has 20 heavy (non-hydrogen) atoms. The summed E-state index contributed by atoms with van der Waals surface area (Å²) >= 11 is 0. The molecule has 3 nitrogen and oxygen atoms in total. The van der Waals surface area contributed by atoms with Crippen molar-refractivity contribution in [3.63, 3.8) is 0 Å². The fraction of sp³-hybridized carbons (Fsp3) is 0.706. The average molecular weight is 273 g/mol. The average Bonchev–Trinajstić information content (AvgIpc) is 2.90. The fourth-order valence-corrected chi connectivity index (χ4v) is 5.53. The molecule has 108 valence electrons. The predicted molar refractivity (Wildman–Crippen MR) is 76.2 cm³/mol. The molecule has 0 aromatic carbocycles. The molecule has 0 unspecified atom stereocenters. The van der Waals surface area contributed by atoms with E-state index in [4.69, 9.17) is 4.42 Å². The first-order chi connectivity index (χ1) is 9.64. The zero-order valence-electron chi connectivity index (χ0n) is 12.1. The second kappa shape index (κ2) is 4.37. The molecular formula is C17H23NO2. The molecule has 3 heteroatoms. The number of rotatable bonds is 3. The number of furan rings is 1. The molecule has 4 saturated carbocycles. The van der Waals surface area contributed by atoms with Crippen LogP contribution in [0.4, 0.5) is 0 Å². The lowest BCUT2D eigenvalue weighted by Crippen LogP contribution is -2.55.